The van der Waals surface area contributed by atoms with Gasteiger partial charge in [0, 0.05) is 24.6 Å². The lowest BCUT2D eigenvalue weighted by Crippen LogP contribution is -2.23. The number of carbonyl (C=O) groups excluding carboxylic acids is 1. The molecule has 1 aromatic carbocycles. The molecule has 0 aliphatic heterocycles. The molecule has 21 heavy (non-hydrogen) atoms. The number of ether oxygens (including phenoxy) is 3. The summed E-state index contributed by atoms with van der Waals surface area (Å²) in [4.78, 5) is 11.7. The van der Waals surface area contributed by atoms with Crippen molar-refractivity contribution in [3.63, 3.8) is 0 Å². The topological polar surface area (TPSA) is 77.0 Å². The normalized spacial score (nSPS) is 11.7. The van der Waals surface area contributed by atoms with Gasteiger partial charge in [0.05, 0.1) is 27.4 Å². The van der Waals surface area contributed by atoms with Gasteiger partial charge >= 0.3 is 0 Å². The van der Waals surface area contributed by atoms with E-state index in [1.54, 1.807) is 40.4 Å². The Morgan fingerprint density at radius 2 is 1.71 bits per heavy atom. The summed E-state index contributed by atoms with van der Waals surface area (Å²) in [5.41, 5.74) is 0.792. The summed E-state index contributed by atoms with van der Waals surface area (Å²) < 4.78 is 15.7. The molecule has 6 nitrogen and oxygen atoms in total. The first-order chi connectivity index (χ1) is 10.0. The molecule has 0 saturated carbocycles. The first kappa shape index (κ1) is 17.1. The fourth-order valence-corrected chi connectivity index (χ4v) is 1.85. The average molecular weight is 297 g/mol. The second-order valence-electron chi connectivity index (χ2n) is 4.68. The van der Waals surface area contributed by atoms with Gasteiger partial charge in [0.25, 0.3) is 0 Å². The van der Waals surface area contributed by atoms with E-state index in [4.69, 9.17) is 19.3 Å². The van der Waals surface area contributed by atoms with Crippen LogP contribution in [0.5, 0.6) is 17.2 Å². The van der Waals surface area contributed by atoms with Crippen LogP contribution in [-0.2, 0) is 11.3 Å². The van der Waals surface area contributed by atoms with Gasteiger partial charge in [-0.25, -0.2) is 0 Å². The van der Waals surface area contributed by atoms with E-state index in [9.17, 15) is 4.79 Å². The van der Waals surface area contributed by atoms with Gasteiger partial charge in [-0.1, -0.05) is 0 Å². The first-order valence-electron chi connectivity index (χ1n) is 6.75. The smallest absolute Gasteiger partial charge is 0.220 e. The molecule has 0 bridgehead atoms. The van der Waals surface area contributed by atoms with Gasteiger partial charge in [0.2, 0.25) is 5.91 Å². The van der Waals surface area contributed by atoms with Gasteiger partial charge in [0.15, 0.2) is 11.5 Å². The number of nitrogens with one attached hydrogen (secondary N) is 1. The summed E-state index contributed by atoms with van der Waals surface area (Å²) in [6, 6.07) is 3.49. The average Bonchev–Trinajstić information content (AvgIpc) is 2.49. The Morgan fingerprint density at radius 1 is 1.14 bits per heavy atom. The van der Waals surface area contributed by atoms with E-state index in [1.165, 1.54) is 0 Å². The third kappa shape index (κ3) is 5.15. The first-order valence-corrected chi connectivity index (χ1v) is 6.75. The Hall–Kier alpha value is -1.95. The summed E-state index contributed by atoms with van der Waals surface area (Å²) >= 11 is 0. The molecule has 1 unspecified atom stereocenters. The second kappa shape index (κ2) is 8.36. The number of amides is 1. The molecule has 0 aliphatic carbocycles. The molecule has 0 spiro atoms. The van der Waals surface area contributed by atoms with Crippen LogP contribution in [0.15, 0.2) is 12.1 Å². The third-order valence-electron chi connectivity index (χ3n) is 3.05. The maximum atomic E-state index is 11.7. The number of rotatable bonds is 8. The number of benzene rings is 1. The second-order valence-corrected chi connectivity index (χ2v) is 4.68. The zero-order valence-electron chi connectivity index (χ0n) is 12.9. The number of carbonyl (C=O) groups is 1. The monoisotopic (exact) mass is 297 g/mol. The quantitative estimate of drug-likeness (QED) is 0.760. The standard InChI is InChI=1S/C15H23NO5/c1-10(17)5-6-15(18)16-9-11-7-13(20-3)14(21-4)8-12(11)19-2/h7-8,10,17H,5-6,9H2,1-4H3,(H,16,18). The van der Waals surface area contributed by atoms with Gasteiger partial charge in [-0.3, -0.25) is 4.79 Å². The van der Waals surface area contributed by atoms with Gasteiger partial charge < -0.3 is 24.6 Å². The molecule has 0 aromatic heterocycles. The van der Waals surface area contributed by atoms with Crippen LogP contribution in [0.3, 0.4) is 0 Å². The SMILES string of the molecule is COc1cc(OC)c(OC)cc1CNC(=O)CCC(C)O. The number of aliphatic hydroxyl groups excluding tert-OH is 1. The predicted octanol–water partition coefficient (Wildman–Crippen LogP) is 1.49. The minimum absolute atomic E-state index is 0.118. The Kier molecular flexibility index (Phi) is 6.81. The van der Waals surface area contributed by atoms with Gasteiger partial charge in [0.1, 0.15) is 5.75 Å². The molecule has 0 heterocycles. The van der Waals surface area contributed by atoms with Crippen molar-refractivity contribution in [2.75, 3.05) is 21.3 Å². The zero-order valence-corrected chi connectivity index (χ0v) is 12.9. The largest absolute Gasteiger partial charge is 0.496 e. The van der Waals surface area contributed by atoms with Gasteiger partial charge in [-0.15, -0.1) is 0 Å². The highest BCUT2D eigenvalue weighted by atomic mass is 16.5. The van der Waals surface area contributed by atoms with Crippen LogP contribution in [0.25, 0.3) is 0 Å². The van der Waals surface area contributed by atoms with E-state index in [0.29, 0.717) is 30.2 Å². The molecule has 6 heteroatoms. The Morgan fingerprint density at radius 3 is 2.24 bits per heavy atom. The van der Waals surface area contributed by atoms with Crippen LogP contribution in [0.2, 0.25) is 0 Å². The number of hydrogen-bond donors (Lipinski definition) is 2. The lowest BCUT2D eigenvalue weighted by Gasteiger charge is -2.14. The van der Waals surface area contributed by atoms with Crippen LogP contribution in [0.1, 0.15) is 25.3 Å². The number of methoxy groups -OCH3 is 3. The fraction of sp³-hybridized carbons (Fsp3) is 0.533. The van der Waals surface area contributed by atoms with Crippen molar-refractivity contribution >= 4 is 5.91 Å². The maximum Gasteiger partial charge on any atom is 0.220 e. The van der Waals surface area contributed by atoms with Crippen molar-refractivity contribution in [3.8, 4) is 17.2 Å². The molecule has 118 valence electrons. The minimum atomic E-state index is -0.480. The molecule has 0 fully saturated rings. The van der Waals surface area contributed by atoms with Crippen LogP contribution < -0.4 is 19.5 Å². The van der Waals surface area contributed by atoms with Crippen molar-refractivity contribution in [3.05, 3.63) is 17.7 Å². The van der Waals surface area contributed by atoms with E-state index in [1.807, 2.05) is 0 Å². The Bertz CT molecular complexity index is 473. The van der Waals surface area contributed by atoms with Gasteiger partial charge in [-0.05, 0) is 19.4 Å². The maximum absolute atomic E-state index is 11.7. The van der Waals surface area contributed by atoms with Crippen molar-refractivity contribution in [1.29, 1.82) is 0 Å². The molecular formula is C15H23NO5. The van der Waals surface area contributed by atoms with E-state index >= 15 is 0 Å². The van der Waals surface area contributed by atoms with Crippen LogP contribution in [0, 0.1) is 0 Å². The zero-order chi connectivity index (χ0) is 15.8. The van der Waals surface area contributed by atoms with E-state index < -0.39 is 6.10 Å². The summed E-state index contributed by atoms with van der Waals surface area (Å²) in [5, 5.41) is 12.0. The predicted molar refractivity (Wildman–Crippen MR) is 78.9 cm³/mol. The fourth-order valence-electron chi connectivity index (χ4n) is 1.85. The lowest BCUT2D eigenvalue weighted by atomic mass is 10.1. The Labute approximate surface area is 125 Å². The molecule has 1 amide bonds. The van der Waals surface area contributed by atoms with E-state index in [2.05, 4.69) is 5.32 Å². The highest BCUT2D eigenvalue weighted by Gasteiger charge is 2.12. The highest BCUT2D eigenvalue weighted by molar-refractivity contribution is 5.76. The molecule has 0 saturated heterocycles. The highest BCUT2D eigenvalue weighted by Crippen LogP contribution is 2.34. The van der Waals surface area contributed by atoms with Crippen LogP contribution >= 0.6 is 0 Å². The summed E-state index contributed by atoms with van der Waals surface area (Å²) in [6.07, 6.45) is 0.244. The van der Waals surface area contributed by atoms with E-state index in [0.717, 1.165) is 5.56 Å². The van der Waals surface area contributed by atoms with Gasteiger partial charge in [-0.2, -0.15) is 0 Å². The minimum Gasteiger partial charge on any atom is -0.496 e. The number of hydrogen-bond acceptors (Lipinski definition) is 5. The van der Waals surface area contributed by atoms with Crippen LogP contribution in [-0.4, -0.2) is 38.4 Å². The van der Waals surface area contributed by atoms with Crippen molar-refractivity contribution in [1.82, 2.24) is 5.32 Å². The molecular weight excluding hydrogens is 274 g/mol. The van der Waals surface area contributed by atoms with Crippen molar-refractivity contribution in [2.45, 2.75) is 32.4 Å². The molecule has 1 atom stereocenters. The van der Waals surface area contributed by atoms with Crippen LogP contribution in [0.4, 0.5) is 0 Å². The molecule has 1 aromatic rings. The van der Waals surface area contributed by atoms with Crippen molar-refractivity contribution in [2.24, 2.45) is 0 Å². The summed E-state index contributed by atoms with van der Waals surface area (Å²) in [7, 11) is 4.66. The third-order valence-corrected chi connectivity index (χ3v) is 3.05. The summed E-state index contributed by atoms with van der Waals surface area (Å²) in [5.74, 6) is 1.64. The summed E-state index contributed by atoms with van der Waals surface area (Å²) in [6.45, 7) is 1.98. The Balaban J connectivity index is 2.75. The molecule has 0 aliphatic rings. The molecule has 1 rings (SSSR count). The number of aliphatic hydroxyl groups is 1. The molecule has 0 radical (unpaired) electrons. The molecule has 2 N–H and O–H groups in total. The lowest BCUT2D eigenvalue weighted by molar-refractivity contribution is -0.121. The van der Waals surface area contributed by atoms with E-state index in [-0.39, 0.29) is 12.3 Å². The van der Waals surface area contributed by atoms with Crippen molar-refractivity contribution < 1.29 is 24.1 Å².